The van der Waals surface area contributed by atoms with E-state index in [1.165, 1.54) is 13.0 Å². The van der Waals surface area contributed by atoms with Crippen LogP contribution in [0.4, 0.5) is 13.2 Å². The first-order chi connectivity index (χ1) is 8.28. The van der Waals surface area contributed by atoms with Gasteiger partial charge in [-0.15, -0.1) is 0 Å². The van der Waals surface area contributed by atoms with E-state index in [0.29, 0.717) is 0 Å². The van der Waals surface area contributed by atoms with Crippen LogP contribution in [-0.2, 0) is 4.74 Å². The number of carbonyl (C=O) groups excluding carboxylic acids is 1. The largest absolute Gasteiger partial charge is 0.465 e. The van der Waals surface area contributed by atoms with Crippen molar-refractivity contribution in [1.82, 2.24) is 0 Å². The van der Waals surface area contributed by atoms with Crippen LogP contribution in [0.1, 0.15) is 21.5 Å². The van der Waals surface area contributed by atoms with Crippen molar-refractivity contribution in [3.63, 3.8) is 0 Å². The highest BCUT2D eigenvalue weighted by atomic mass is 32.2. The highest BCUT2D eigenvalue weighted by Gasteiger charge is 2.31. The van der Waals surface area contributed by atoms with Crippen LogP contribution < -0.4 is 0 Å². The zero-order valence-electron chi connectivity index (χ0n) is 9.46. The predicted octanol–water partition coefficient (Wildman–Crippen LogP) is 3.27. The minimum atomic E-state index is -4.48. The van der Waals surface area contributed by atoms with Crippen molar-refractivity contribution in [3.8, 4) is 6.07 Å². The van der Waals surface area contributed by atoms with Crippen molar-refractivity contribution in [1.29, 1.82) is 5.26 Å². The number of ether oxygens (including phenoxy) is 1. The van der Waals surface area contributed by atoms with Gasteiger partial charge in [-0.1, -0.05) is 0 Å². The summed E-state index contributed by atoms with van der Waals surface area (Å²) in [5.41, 5.74) is -4.40. The lowest BCUT2D eigenvalue weighted by Gasteiger charge is -2.12. The van der Waals surface area contributed by atoms with Crippen LogP contribution in [0.25, 0.3) is 0 Å². The molecule has 0 saturated carbocycles. The quantitative estimate of drug-likeness (QED) is 0.614. The van der Waals surface area contributed by atoms with Gasteiger partial charge in [0.2, 0.25) is 0 Å². The number of methoxy groups -OCH3 is 1. The van der Waals surface area contributed by atoms with Gasteiger partial charge in [0.1, 0.15) is 0 Å². The zero-order valence-corrected chi connectivity index (χ0v) is 10.3. The number of hydrogen-bond acceptors (Lipinski definition) is 4. The van der Waals surface area contributed by atoms with E-state index in [4.69, 9.17) is 5.26 Å². The van der Waals surface area contributed by atoms with E-state index in [9.17, 15) is 18.0 Å². The fourth-order valence-electron chi connectivity index (χ4n) is 1.30. The van der Waals surface area contributed by atoms with E-state index < -0.39 is 11.5 Å². The summed E-state index contributed by atoms with van der Waals surface area (Å²) in [6, 6.07) is 4.02. The average Bonchev–Trinajstić information content (AvgIpc) is 2.29. The van der Waals surface area contributed by atoms with Crippen molar-refractivity contribution in [2.75, 3.05) is 7.11 Å². The molecule has 96 valence electrons. The van der Waals surface area contributed by atoms with E-state index >= 15 is 0 Å². The first-order valence-corrected chi connectivity index (χ1v) is 5.49. The Labute approximate surface area is 106 Å². The second-order valence-corrected chi connectivity index (χ2v) is 4.40. The smallest absolute Gasteiger partial charge is 0.446 e. The third kappa shape index (κ3) is 3.40. The molecule has 3 nitrogen and oxygen atoms in total. The SMILES string of the molecule is COC(=O)c1cc(C#N)cc(SC(F)(F)F)c1C. The van der Waals surface area contributed by atoms with Crippen molar-refractivity contribution >= 4 is 17.7 Å². The number of alkyl halides is 3. The number of benzene rings is 1. The summed E-state index contributed by atoms with van der Waals surface area (Å²) in [7, 11) is 1.12. The van der Waals surface area contributed by atoms with Crippen LogP contribution >= 0.6 is 11.8 Å². The molecule has 0 heterocycles. The molecular formula is C11H8F3NO2S. The molecule has 0 unspecified atom stereocenters. The van der Waals surface area contributed by atoms with Gasteiger partial charge in [0.15, 0.2) is 0 Å². The number of hydrogen-bond donors (Lipinski definition) is 0. The molecule has 0 aliphatic rings. The van der Waals surface area contributed by atoms with Crippen LogP contribution in [0, 0.1) is 18.3 Å². The van der Waals surface area contributed by atoms with Gasteiger partial charge in [0.05, 0.1) is 24.3 Å². The molecule has 1 rings (SSSR count). The molecule has 0 spiro atoms. The zero-order chi connectivity index (χ0) is 13.9. The van der Waals surface area contributed by atoms with Crippen LogP contribution in [0.3, 0.4) is 0 Å². The first kappa shape index (κ1) is 14.4. The Bertz CT molecular complexity index is 520. The summed E-state index contributed by atoms with van der Waals surface area (Å²) < 4.78 is 41.5. The normalized spacial score (nSPS) is 10.9. The average molecular weight is 275 g/mol. The molecule has 1 aromatic rings. The molecule has 0 bridgehead atoms. The maximum absolute atomic E-state index is 12.3. The summed E-state index contributed by atoms with van der Waals surface area (Å²) >= 11 is -0.360. The third-order valence-electron chi connectivity index (χ3n) is 2.12. The first-order valence-electron chi connectivity index (χ1n) is 4.67. The predicted molar refractivity (Wildman–Crippen MR) is 59.1 cm³/mol. The molecule has 18 heavy (non-hydrogen) atoms. The number of rotatable bonds is 2. The molecule has 7 heteroatoms. The van der Waals surface area contributed by atoms with Crippen molar-refractivity contribution in [3.05, 3.63) is 28.8 Å². The highest BCUT2D eigenvalue weighted by Crippen LogP contribution is 2.39. The van der Waals surface area contributed by atoms with Gasteiger partial charge in [-0.3, -0.25) is 0 Å². The lowest BCUT2D eigenvalue weighted by molar-refractivity contribution is -0.0328. The van der Waals surface area contributed by atoms with E-state index in [-0.39, 0.29) is 33.3 Å². The number of nitriles is 1. The number of halogens is 3. The maximum atomic E-state index is 12.3. The molecule has 0 amide bonds. The molecule has 0 radical (unpaired) electrons. The number of thioether (sulfide) groups is 1. The molecule has 0 aliphatic carbocycles. The summed E-state index contributed by atoms with van der Waals surface area (Å²) in [6.45, 7) is 1.38. The van der Waals surface area contributed by atoms with Crippen molar-refractivity contribution in [2.45, 2.75) is 17.3 Å². The third-order valence-corrected chi connectivity index (χ3v) is 3.00. The minimum absolute atomic E-state index is 0.0206. The molecule has 0 aromatic heterocycles. The Hall–Kier alpha value is -1.68. The minimum Gasteiger partial charge on any atom is -0.465 e. The van der Waals surface area contributed by atoms with E-state index in [0.717, 1.165) is 13.2 Å². The highest BCUT2D eigenvalue weighted by molar-refractivity contribution is 8.00. The van der Waals surface area contributed by atoms with Gasteiger partial charge >= 0.3 is 11.5 Å². The van der Waals surface area contributed by atoms with Crippen LogP contribution in [-0.4, -0.2) is 18.6 Å². The number of esters is 1. The van der Waals surface area contributed by atoms with E-state index in [2.05, 4.69) is 4.74 Å². The lowest BCUT2D eigenvalue weighted by Crippen LogP contribution is -2.07. The number of carbonyl (C=O) groups is 1. The lowest BCUT2D eigenvalue weighted by atomic mass is 10.1. The second kappa shape index (κ2) is 5.31. The van der Waals surface area contributed by atoms with Gasteiger partial charge in [-0.05, 0) is 36.4 Å². The Morgan fingerprint density at radius 3 is 2.50 bits per heavy atom. The van der Waals surface area contributed by atoms with Gasteiger partial charge in [-0.2, -0.15) is 18.4 Å². The molecule has 0 atom stereocenters. The fourth-order valence-corrected chi connectivity index (χ4v) is 2.00. The van der Waals surface area contributed by atoms with Crippen LogP contribution in [0.15, 0.2) is 17.0 Å². The summed E-state index contributed by atoms with van der Waals surface area (Å²) in [4.78, 5) is 11.2. The summed E-state index contributed by atoms with van der Waals surface area (Å²) in [5, 5.41) is 8.74. The molecule has 0 N–H and O–H groups in total. The molecule has 1 aromatic carbocycles. The molecule has 0 aliphatic heterocycles. The topological polar surface area (TPSA) is 50.1 Å². The molecule has 0 saturated heterocycles. The maximum Gasteiger partial charge on any atom is 0.446 e. The van der Waals surface area contributed by atoms with Gasteiger partial charge in [0, 0.05) is 4.90 Å². The standard InChI is InChI=1S/C11H8F3NO2S/c1-6-8(10(16)17-2)3-7(5-15)4-9(6)18-11(12,13)14/h3-4H,1-2H3. The monoisotopic (exact) mass is 275 g/mol. The summed E-state index contributed by atoms with van der Waals surface area (Å²) in [5.74, 6) is -0.770. The Morgan fingerprint density at radius 1 is 1.44 bits per heavy atom. The van der Waals surface area contributed by atoms with Gasteiger partial charge in [0.25, 0.3) is 0 Å². The van der Waals surface area contributed by atoms with Crippen LogP contribution in [0.5, 0.6) is 0 Å². The Balaban J connectivity index is 3.35. The van der Waals surface area contributed by atoms with Gasteiger partial charge in [-0.25, -0.2) is 4.79 Å². The van der Waals surface area contributed by atoms with E-state index in [1.54, 1.807) is 6.07 Å². The van der Waals surface area contributed by atoms with Crippen molar-refractivity contribution in [2.24, 2.45) is 0 Å². The molecule has 0 fully saturated rings. The second-order valence-electron chi connectivity index (χ2n) is 3.30. The number of nitrogens with zero attached hydrogens (tertiary/aromatic N) is 1. The molecular weight excluding hydrogens is 267 g/mol. The van der Waals surface area contributed by atoms with Crippen molar-refractivity contribution < 1.29 is 22.7 Å². The van der Waals surface area contributed by atoms with E-state index in [1.807, 2.05) is 0 Å². The summed E-state index contributed by atoms with van der Waals surface area (Å²) in [6.07, 6.45) is 0. The van der Waals surface area contributed by atoms with Gasteiger partial charge < -0.3 is 4.74 Å². The Morgan fingerprint density at radius 2 is 2.06 bits per heavy atom. The van der Waals surface area contributed by atoms with Crippen LogP contribution in [0.2, 0.25) is 0 Å². The fraction of sp³-hybridized carbons (Fsp3) is 0.273. The Kier molecular flexibility index (Phi) is 4.24.